The molecule has 1 heterocycles. The van der Waals surface area contributed by atoms with Crippen LogP contribution in [-0.2, 0) is 16.6 Å². The van der Waals surface area contributed by atoms with Gasteiger partial charge in [-0.2, -0.15) is 5.26 Å². The predicted molar refractivity (Wildman–Crippen MR) is 86.6 cm³/mol. The Morgan fingerprint density at radius 3 is 2.87 bits per heavy atom. The van der Waals surface area contributed by atoms with Crippen molar-refractivity contribution in [1.29, 1.82) is 5.26 Å². The van der Waals surface area contributed by atoms with Crippen molar-refractivity contribution in [1.82, 2.24) is 9.21 Å². The normalized spacial score (nSPS) is 19.7. The molecule has 7 heteroatoms. The smallest absolute Gasteiger partial charge is 0.210 e. The molecule has 0 spiro atoms. The lowest BCUT2D eigenvalue weighted by atomic mass is 9.97. The summed E-state index contributed by atoms with van der Waals surface area (Å²) in [5, 5.41) is 9.13. The Balaban J connectivity index is 2.02. The highest BCUT2D eigenvalue weighted by atomic mass is 32.2. The average Bonchev–Trinajstić information content (AvgIpc) is 2.47. The second kappa shape index (κ2) is 7.39. The molecular weight excluding hydrogens is 317 g/mol. The van der Waals surface area contributed by atoms with Crippen molar-refractivity contribution in [3.05, 3.63) is 35.1 Å². The van der Waals surface area contributed by atoms with Crippen LogP contribution in [0.5, 0.6) is 0 Å². The predicted octanol–water partition coefficient (Wildman–Crippen LogP) is 1.80. The number of nitriles is 1. The molecule has 1 fully saturated rings. The van der Waals surface area contributed by atoms with Crippen LogP contribution >= 0.6 is 0 Å². The maximum atomic E-state index is 13.4. The molecule has 0 aromatic heterocycles. The first-order valence-electron chi connectivity index (χ1n) is 7.62. The van der Waals surface area contributed by atoms with Crippen molar-refractivity contribution in [2.75, 3.05) is 32.9 Å². The summed E-state index contributed by atoms with van der Waals surface area (Å²) in [7, 11) is -1.58. The largest absolute Gasteiger partial charge is 0.299 e. The second-order valence-electron chi connectivity index (χ2n) is 6.20. The van der Waals surface area contributed by atoms with Gasteiger partial charge in [0.15, 0.2) is 0 Å². The highest BCUT2D eigenvalue weighted by Crippen LogP contribution is 2.21. The van der Waals surface area contributed by atoms with Gasteiger partial charge >= 0.3 is 0 Å². The molecular formula is C16H22FN3O2S. The molecule has 0 saturated carbocycles. The van der Waals surface area contributed by atoms with Gasteiger partial charge < -0.3 is 0 Å². The summed E-state index contributed by atoms with van der Waals surface area (Å²) < 4.78 is 37.9. The third-order valence-corrected chi connectivity index (χ3v) is 5.55. The van der Waals surface area contributed by atoms with E-state index in [1.54, 1.807) is 7.05 Å². The number of hydrogen-bond donors (Lipinski definition) is 0. The van der Waals surface area contributed by atoms with Crippen molar-refractivity contribution in [2.45, 2.75) is 19.4 Å². The molecule has 0 unspecified atom stereocenters. The lowest BCUT2D eigenvalue weighted by Crippen LogP contribution is -2.41. The van der Waals surface area contributed by atoms with E-state index in [2.05, 4.69) is 11.0 Å². The standard InChI is InChI=1S/C16H22FN3O2S/c1-19(23(2,21)22)10-13-4-3-7-20(11-13)12-15-8-16(17)6-5-14(15)9-18/h5-6,8,13H,3-4,7,10-12H2,1-2H3/t13-/m0/s1. The van der Waals surface area contributed by atoms with Crippen LogP contribution in [0.2, 0.25) is 0 Å². The van der Waals surface area contributed by atoms with Crippen LogP contribution < -0.4 is 0 Å². The summed E-state index contributed by atoms with van der Waals surface area (Å²) in [5.74, 6) is -0.0908. The number of nitrogens with zero attached hydrogens (tertiary/aromatic N) is 3. The minimum Gasteiger partial charge on any atom is -0.299 e. The Morgan fingerprint density at radius 1 is 1.48 bits per heavy atom. The molecule has 0 radical (unpaired) electrons. The van der Waals surface area contributed by atoms with Gasteiger partial charge in [0.05, 0.1) is 17.9 Å². The van der Waals surface area contributed by atoms with Crippen LogP contribution in [0.15, 0.2) is 18.2 Å². The Morgan fingerprint density at radius 2 is 2.22 bits per heavy atom. The first-order chi connectivity index (χ1) is 10.8. The summed E-state index contributed by atoms with van der Waals surface area (Å²) in [6.45, 7) is 2.63. The van der Waals surface area contributed by atoms with E-state index in [1.807, 2.05) is 0 Å². The van der Waals surface area contributed by atoms with Crippen molar-refractivity contribution >= 4 is 10.0 Å². The molecule has 2 rings (SSSR count). The van der Waals surface area contributed by atoms with E-state index in [4.69, 9.17) is 5.26 Å². The molecule has 23 heavy (non-hydrogen) atoms. The first kappa shape index (κ1) is 17.9. The van der Waals surface area contributed by atoms with Gasteiger partial charge in [-0.05, 0) is 49.1 Å². The van der Waals surface area contributed by atoms with Crippen molar-refractivity contribution in [3.63, 3.8) is 0 Å². The highest BCUT2D eigenvalue weighted by molar-refractivity contribution is 7.88. The molecule has 1 aliphatic rings. The van der Waals surface area contributed by atoms with E-state index in [1.165, 1.54) is 28.8 Å². The van der Waals surface area contributed by atoms with Gasteiger partial charge in [0, 0.05) is 26.7 Å². The van der Waals surface area contributed by atoms with Gasteiger partial charge in [-0.1, -0.05) is 0 Å². The Bertz CT molecular complexity index is 700. The van der Waals surface area contributed by atoms with Gasteiger partial charge in [-0.15, -0.1) is 0 Å². The van der Waals surface area contributed by atoms with Crippen LogP contribution in [-0.4, -0.2) is 50.6 Å². The minimum absolute atomic E-state index is 0.252. The molecule has 1 saturated heterocycles. The molecule has 0 aliphatic carbocycles. The topological polar surface area (TPSA) is 64.4 Å². The number of hydrogen-bond acceptors (Lipinski definition) is 4. The van der Waals surface area contributed by atoms with E-state index >= 15 is 0 Å². The van der Waals surface area contributed by atoms with Crippen LogP contribution in [0.25, 0.3) is 0 Å². The Kier molecular flexibility index (Phi) is 5.74. The number of piperidine rings is 1. The van der Waals surface area contributed by atoms with Crippen LogP contribution in [0, 0.1) is 23.1 Å². The van der Waals surface area contributed by atoms with E-state index < -0.39 is 10.0 Å². The molecule has 0 N–H and O–H groups in total. The van der Waals surface area contributed by atoms with Crippen molar-refractivity contribution in [2.24, 2.45) is 5.92 Å². The number of likely N-dealkylation sites (tertiary alicyclic amines) is 1. The molecule has 0 amide bonds. The first-order valence-corrected chi connectivity index (χ1v) is 9.46. The van der Waals surface area contributed by atoms with Gasteiger partial charge in [-0.3, -0.25) is 4.90 Å². The van der Waals surface area contributed by atoms with Crippen LogP contribution in [0.4, 0.5) is 4.39 Å². The fourth-order valence-corrected chi connectivity index (χ4v) is 3.47. The van der Waals surface area contributed by atoms with Crippen molar-refractivity contribution < 1.29 is 12.8 Å². The monoisotopic (exact) mass is 339 g/mol. The molecule has 1 aromatic carbocycles. The number of halogens is 1. The Labute approximate surface area is 137 Å². The summed E-state index contributed by atoms with van der Waals surface area (Å²) in [4.78, 5) is 2.17. The average molecular weight is 339 g/mol. The number of rotatable bonds is 5. The fourth-order valence-electron chi connectivity index (χ4n) is 2.99. The third kappa shape index (κ3) is 4.99. The summed E-state index contributed by atoms with van der Waals surface area (Å²) in [6, 6.07) is 6.30. The van der Waals surface area contributed by atoms with Crippen LogP contribution in [0.1, 0.15) is 24.0 Å². The SMILES string of the molecule is CN(C[C@@H]1CCCN(Cc2cc(F)ccc2C#N)C1)S(C)(=O)=O. The van der Waals surface area contributed by atoms with Crippen molar-refractivity contribution in [3.8, 4) is 6.07 Å². The minimum atomic E-state index is -3.17. The highest BCUT2D eigenvalue weighted by Gasteiger charge is 2.24. The second-order valence-corrected chi connectivity index (χ2v) is 8.29. The van der Waals surface area contributed by atoms with Gasteiger partial charge in [0.2, 0.25) is 10.0 Å². The van der Waals surface area contributed by atoms with E-state index in [0.29, 0.717) is 24.2 Å². The zero-order valence-electron chi connectivity index (χ0n) is 13.5. The molecule has 126 valence electrons. The molecule has 1 atom stereocenters. The lowest BCUT2D eigenvalue weighted by molar-refractivity contribution is 0.155. The molecule has 0 bridgehead atoms. The van der Waals surface area contributed by atoms with Gasteiger partial charge in [-0.25, -0.2) is 17.1 Å². The Hall–Kier alpha value is -1.49. The fraction of sp³-hybridized carbons (Fsp3) is 0.562. The van der Waals surface area contributed by atoms with E-state index in [9.17, 15) is 12.8 Å². The number of benzene rings is 1. The third-order valence-electron chi connectivity index (χ3n) is 4.27. The maximum Gasteiger partial charge on any atom is 0.210 e. The van der Waals surface area contributed by atoms with E-state index in [-0.39, 0.29) is 11.7 Å². The van der Waals surface area contributed by atoms with Gasteiger partial charge in [0.25, 0.3) is 0 Å². The maximum absolute atomic E-state index is 13.4. The lowest BCUT2D eigenvalue weighted by Gasteiger charge is -2.34. The molecule has 5 nitrogen and oxygen atoms in total. The summed E-state index contributed by atoms with van der Waals surface area (Å²) >= 11 is 0. The zero-order chi connectivity index (χ0) is 17.0. The molecule has 1 aliphatic heterocycles. The van der Waals surface area contributed by atoms with Crippen LogP contribution in [0.3, 0.4) is 0 Å². The van der Waals surface area contributed by atoms with Gasteiger partial charge in [0.1, 0.15) is 5.82 Å². The quantitative estimate of drug-likeness (QED) is 0.820. The van der Waals surface area contributed by atoms with E-state index in [0.717, 1.165) is 25.9 Å². The summed E-state index contributed by atoms with van der Waals surface area (Å²) in [5.41, 5.74) is 1.17. The summed E-state index contributed by atoms with van der Waals surface area (Å²) in [6.07, 6.45) is 3.16. The molecule has 1 aromatic rings. The zero-order valence-corrected chi connectivity index (χ0v) is 14.3. The number of sulfonamides is 1.